The molecule has 3 aromatic heterocycles. The number of nitrogens with zero attached hydrogens (tertiary/aromatic N) is 6. The molecule has 0 radical (unpaired) electrons. The predicted octanol–water partition coefficient (Wildman–Crippen LogP) is 2.39. The molecule has 180 valence electrons. The molecule has 34 heavy (non-hydrogen) atoms. The van der Waals surface area contributed by atoms with E-state index in [1.807, 2.05) is 43.2 Å². The fourth-order valence-corrected chi connectivity index (χ4v) is 4.76. The molecule has 0 unspecified atom stereocenters. The van der Waals surface area contributed by atoms with Crippen molar-refractivity contribution < 1.29 is 9.59 Å². The minimum absolute atomic E-state index is 0.0400. The summed E-state index contributed by atoms with van der Waals surface area (Å²) in [5.74, 6) is 0.749. The van der Waals surface area contributed by atoms with E-state index in [4.69, 9.17) is 0 Å². The Morgan fingerprint density at radius 2 is 1.94 bits per heavy atom. The molecule has 0 saturated carbocycles. The summed E-state index contributed by atoms with van der Waals surface area (Å²) in [6.45, 7) is 5.77. The van der Waals surface area contributed by atoms with Crippen molar-refractivity contribution in [3.8, 4) is 0 Å². The van der Waals surface area contributed by atoms with Crippen molar-refractivity contribution in [1.82, 2.24) is 34.8 Å². The van der Waals surface area contributed by atoms with Crippen molar-refractivity contribution in [1.29, 1.82) is 0 Å². The number of carbonyl (C=O) groups excluding carboxylic acids is 2. The number of amides is 2. The Hall–Kier alpha value is -3.01. The monoisotopic (exact) mass is 481 g/mol. The van der Waals surface area contributed by atoms with E-state index >= 15 is 0 Å². The number of carbonyl (C=O) groups is 2. The van der Waals surface area contributed by atoms with E-state index in [9.17, 15) is 9.59 Å². The summed E-state index contributed by atoms with van der Waals surface area (Å²) in [7, 11) is 0. The van der Waals surface area contributed by atoms with E-state index in [1.165, 1.54) is 11.8 Å². The highest BCUT2D eigenvalue weighted by Crippen LogP contribution is 2.21. The number of piperidine rings is 1. The quantitative estimate of drug-likeness (QED) is 0.493. The number of likely N-dealkylation sites (tertiary alicyclic amines) is 1. The van der Waals surface area contributed by atoms with Crippen LogP contribution in [0.15, 0.2) is 29.6 Å². The fourth-order valence-electron chi connectivity index (χ4n) is 4.42. The van der Waals surface area contributed by atoms with Crippen LogP contribution in [0.4, 0.5) is 0 Å². The lowest BCUT2D eigenvalue weighted by molar-refractivity contribution is -0.135. The Morgan fingerprint density at radius 3 is 2.65 bits per heavy atom. The summed E-state index contributed by atoms with van der Waals surface area (Å²) in [6, 6.07) is 5.79. The zero-order valence-electron chi connectivity index (χ0n) is 20.0. The van der Waals surface area contributed by atoms with Crippen LogP contribution < -0.4 is 5.32 Å². The molecule has 0 aliphatic carbocycles. The second kappa shape index (κ2) is 10.9. The molecule has 4 rings (SSSR count). The number of pyridine rings is 1. The fraction of sp³-hybridized carbons (Fsp3) is 0.500. The summed E-state index contributed by atoms with van der Waals surface area (Å²) in [5, 5.41) is 8.19. The smallest absolute Gasteiger partial charge is 0.253 e. The lowest BCUT2D eigenvalue weighted by atomic mass is 9.95. The summed E-state index contributed by atoms with van der Waals surface area (Å²) in [5.41, 5.74) is 3.88. The summed E-state index contributed by atoms with van der Waals surface area (Å²) < 4.78 is 1.76. The maximum absolute atomic E-state index is 12.9. The molecule has 9 nitrogen and oxygen atoms in total. The van der Waals surface area contributed by atoms with Crippen LogP contribution in [0.3, 0.4) is 0 Å². The minimum Gasteiger partial charge on any atom is -0.355 e. The molecule has 3 aromatic rings. The lowest BCUT2D eigenvalue weighted by Crippen LogP contribution is -2.43. The van der Waals surface area contributed by atoms with E-state index in [2.05, 4.69) is 25.4 Å². The van der Waals surface area contributed by atoms with Crippen LogP contribution in [0.25, 0.3) is 5.78 Å². The maximum atomic E-state index is 12.9. The van der Waals surface area contributed by atoms with Gasteiger partial charge in [-0.15, -0.1) is 5.10 Å². The van der Waals surface area contributed by atoms with Gasteiger partial charge in [0.15, 0.2) is 0 Å². The van der Waals surface area contributed by atoms with Gasteiger partial charge in [-0.2, -0.15) is 4.98 Å². The van der Waals surface area contributed by atoms with Crippen LogP contribution in [-0.4, -0.2) is 67.2 Å². The molecular weight excluding hydrogens is 450 g/mol. The van der Waals surface area contributed by atoms with Crippen LogP contribution in [0.5, 0.6) is 0 Å². The van der Waals surface area contributed by atoms with Crippen molar-refractivity contribution in [3.63, 3.8) is 0 Å². The highest BCUT2D eigenvalue weighted by Gasteiger charge is 2.27. The third-order valence-electron chi connectivity index (χ3n) is 6.43. The van der Waals surface area contributed by atoms with Crippen LogP contribution in [-0.2, 0) is 22.4 Å². The zero-order chi connectivity index (χ0) is 24.1. The number of fused-ring (bicyclic) bond motifs is 1. The van der Waals surface area contributed by atoms with Gasteiger partial charge in [-0.3, -0.25) is 14.6 Å². The Kier molecular flexibility index (Phi) is 7.77. The van der Waals surface area contributed by atoms with E-state index in [0.717, 1.165) is 29.1 Å². The second-order valence-corrected chi connectivity index (χ2v) is 9.36. The first-order valence-electron chi connectivity index (χ1n) is 11.7. The van der Waals surface area contributed by atoms with Gasteiger partial charge in [0, 0.05) is 61.7 Å². The van der Waals surface area contributed by atoms with Gasteiger partial charge in [0.1, 0.15) is 0 Å². The van der Waals surface area contributed by atoms with Gasteiger partial charge in [0.2, 0.25) is 17.0 Å². The first kappa shape index (κ1) is 24.1. The average Bonchev–Trinajstić information content (AvgIpc) is 3.28. The molecule has 10 heteroatoms. The Bertz CT molecular complexity index is 1160. The SMILES string of the molecule is CSc1nc2nc(C)c(CCC(=O)N3CCC(C(=O)NCCc4ccccn4)CC3)c(C)n2n1. The van der Waals surface area contributed by atoms with E-state index in [-0.39, 0.29) is 17.7 Å². The van der Waals surface area contributed by atoms with E-state index in [1.54, 1.807) is 10.7 Å². The zero-order valence-corrected chi connectivity index (χ0v) is 20.8. The number of aromatic nitrogens is 5. The van der Waals surface area contributed by atoms with Crippen LogP contribution in [0.1, 0.15) is 41.9 Å². The van der Waals surface area contributed by atoms with Crippen molar-refractivity contribution in [2.45, 2.75) is 51.1 Å². The molecule has 0 aromatic carbocycles. The number of thioether (sulfide) groups is 1. The molecule has 1 N–H and O–H groups in total. The normalized spacial score (nSPS) is 14.5. The average molecular weight is 482 g/mol. The summed E-state index contributed by atoms with van der Waals surface area (Å²) in [6.07, 6.45) is 6.84. The molecule has 1 aliphatic heterocycles. The maximum Gasteiger partial charge on any atom is 0.253 e. The summed E-state index contributed by atoms with van der Waals surface area (Å²) >= 11 is 1.48. The number of hydrogen-bond donors (Lipinski definition) is 1. The van der Waals surface area contributed by atoms with Gasteiger partial charge in [-0.1, -0.05) is 17.8 Å². The third kappa shape index (κ3) is 5.55. The molecule has 1 aliphatic rings. The van der Waals surface area contributed by atoms with Crippen LogP contribution >= 0.6 is 11.8 Å². The third-order valence-corrected chi connectivity index (χ3v) is 6.96. The van der Waals surface area contributed by atoms with Crippen molar-refractivity contribution in [2.75, 3.05) is 25.9 Å². The minimum atomic E-state index is -0.0400. The number of hydrogen-bond acceptors (Lipinski definition) is 7. The standard InChI is InChI=1S/C24H31N7O2S/c1-16-20(17(2)31-23(27-16)28-24(29-31)34-3)7-8-21(32)30-14-10-18(11-15-30)22(33)26-13-9-19-6-4-5-12-25-19/h4-6,12,18H,7-11,13-15H2,1-3H3,(H,26,33). The Labute approximate surface area is 203 Å². The number of aryl methyl sites for hydroxylation is 2. The van der Waals surface area contributed by atoms with Crippen molar-refractivity contribution >= 4 is 29.4 Å². The van der Waals surface area contributed by atoms with E-state index < -0.39 is 0 Å². The van der Waals surface area contributed by atoms with Gasteiger partial charge in [0.05, 0.1) is 0 Å². The van der Waals surface area contributed by atoms with Gasteiger partial charge < -0.3 is 10.2 Å². The van der Waals surface area contributed by atoms with E-state index in [0.29, 0.717) is 56.3 Å². The molecule has 2 amide bonds. The highest BCUT2D eigenvalue weighted by atomic mass is 32.2. The van der Waals surface area contributed by atoms with Crippen LogP contribution in [0, 0.1) is 19.8 Å². The Morgan fingerprint density at radius 1 is 1.15 bits per heavy atom. The van der Waals surface area contributed by atoms with Crippen LogP contribution in [0.2, 0.25) is 0 Å². The highest BCUT2D eigenvalue weighted by molar-refractivity contribution is 7.98. The predicted molar refractivity (Wildman–Crippen MR) is 131 cm³/mol. The van der Waals surface area contributed by atoms with Gasteiger partial charge >= 0.3 is 0 Å². The molecule has 1 fully saturated rings. The molecular formula is C24H31N7O2S. The lowest BCUT2D eigenvalue weighted by Gasteiger charge is -2.31. The molecule has 0 atom stereocenters. The van der Waals surface area contributed by atoms with Crippen molar-refractivity contribution in [3.05, 3.63) is 47.0 Å². The van der Waals surface area contributed by atoms with Gasteiger partial charge in [0.25, 0.3) is 5.78 Å². The van der Waals surface area contributed by atoms with Crippen molar-refractivity contribution in [2.24, 2.45) is 5.92 Å². The molecule has 1 saturated heterocycles. The van der Waals surface area contributed by atoms with Gasteiger partial charge in [-0.25, -0.2) is 9.50 Å². The van der Waals surface area contributed by atoms with Gasteiger partial charge in [-0.05, 0) is 57.1 Å². The first-order chi connectivity index (χ1) is 16.5. The Balaban J connectivity index is 1.25. The largest absolute Gasteiger partial charge is 0.355 e. The molecule has 0 spiro atoms. The first-order valence-corrected chi connectivity index (χ1v) is 12.9. The number of nitrogens with one attached hydrogen (secondary N) is 1. The molecule has 0 bridgehead atoms. The summed E-state index contributed by atoms with van der Waals surface area (Å²) in [4.78, 5) is 40.5. The molecule has 4 heterocycles. The number of rotatable bonds is 8. The second-order valence-electron chi connectivity index (χ2n) is 8.59. The topological polar surface area (TPSA) is 105 Å².